The second-order valence-electron chi connectivity index (χ2n) is 5.77. The van der Waals surface area contributed by atoms with Gasteiger partial charge in [-0.15, -0.1) is 0 Å². The van der Waals surface area contributed by atoms with Gasteiger partial charge >= 0.3 is 0 Å². The van der Waals surface area contributed by atoms with Gasteiger partial charge in [-0.2, -0.15) is 0 Å². The molecule has 0 aliphatic carbocycles. The van der Waals surface area contributed by atoms with Crippen LogP contribution >= 0.6 is 0 Å². The predicted molar refractivity (Wildman–Crippen MR) is 89.2 cm³/mol. The van der Waals surface area contributed by atoms with E-state index in [0.717, 1.165) is 30.8 Å². The maximum atomic E-state index is 6.04. The van der Waals surface area contributed by atoms with Crippen LogP contribution in [0, 0.1) is 6.92 Å². The first-order chi connectivity index (χ1) is 10.8. The maximum absolute atomic E-state index is 6.04. The smallest absolute Gasteiger partial charge is 0.121 e. The minimum Gasteiger partial charge on any atom is -0.496 e. The molecule has 1 saturated heterocycles. The normalized spacial score (nSPS) is 17.6. The van der Waals surface area contributed by atoms with E-state index >= 15 is 0 Å². The van der Waals surface area contributed by atoms with Crippen molar-refractivity contribution < 1.29 is 9.47 Å². The molecule has 1 aliphatic heterocycles. The van der Waals surface area contributed by atoms with E-state index in [-0.39, 0.29) is 0 Å². The summed E-state index contributed by atoms with van der Waals surface area (Å²) >= 11 is 0. The van der Waals surface area contributed by atoms with Crippen LogP contribution in [0.4, 0.5) is 0 Å². The predicted octanol–water partition coefficient (Wildman–Crippen LogP) is 3.55. The molecule has 116 valence electrons. The van der Waals surface area contributed by atoms with Gasteiger partial charge in [-0.05, 0) is 54.3 Å². The molecule has 0 spiro atoms. The molecular weight excluding hydrogens is 274 g/mol. The van der Waals surface area contributed by atoms with Gasteiger partial charge in [-0.25, -0.2) is 0 Å². The fourth-order valence-corrected chi connectivity index (χ4v) is 2.95. The Morgan fingerprint density at radius 2 is 2.05 bits per heavy atom. The second-order valence-corrected chi connectivity index (χ2v) is 5.77. The molecule has 0 aromatic heterocycles. The van der Waals surface area contributed by atoms with Crippen molar-refractivity contribution in [2.75, 3.05) is 20.2 Å². The van der Waals surface area contributed by atoms with E-state index in [1.165, 1.54) is 16.7 Å². The number of hydrogen-bond acceptors (Lipinski definition) is 3. The molecular formula is C19H23NO2. The number of nitrogens with one attached hydrogen (secondary N) is 1. The van der Waals surface area contributed by atoms with Crippen LogP contribution in [0.3, 0.4) is 0 Å². The average molecular weight is 297 g/mol. The van der Waals surface area contributed by atoms with Crippen LogP contribution in [0.5, 0.6) is 5.75 Å². The molecule has 2 aromatic rings. The van der Waals surface area contributed by atoms with Crippen molar-refractivity contribution in [3.63, 3.8) is 0 Å². The summed E-state index contributed by atoms with van der Waals surface area (Å²) in [5.74, 6) is 0.925. The summed E-state index contributed by atoms with van der Waals surface area (Å²) in [6, 6.07) is 14.8. The fourth-order valence-electron chi connectivity index (χ4n) is 2.95. The van der Waals surface area contributed by atoms with Gasteiger partial charge in [0, 0.05) is 6.54 Å². The lowest BCUT2D eigenvalue weighted by Gasteiger charge is -2.15. The summed E-state index contributed by atoms with van der Waals surface area (Å²) in [7, 11) is 1.71. The van der Waals surface area contributed by atoms with E-state index in [2.05, 4.69) is 48.6 Å². The highest BCUT2D eigenvalue weighted by atomic mass is 16.5. The molecule has 0 radical (unpaired) electrons. The van der Waals surface area contributed by atoms with Crippen LogP contribution < -0.4 is 10.1 Å². The van der Waals surface area contributed by atoms with Crippen molar-refractivity contribution >= 4 is 0 Å². The van der Waals surface area contributed by atoms with Crippen molar-refractivity contribution in [1.82, 2.24) is 5.32 Å². The van der Waals surface area contributed by atoms with E-state index < -0.39 is 0 Å². The molecule has 1 unspecified atom stereocenters. The van der Waals surface area contributed by atoms with Gasteiger partial charge in [0.15, 0.2) is 0 Å². The number of ether oxygens (including phenoxy) is 2. The Kier molecular flexibility index (Phi) is 4.76. The van der Waals surface area contributed by atoms with Gasteiger partial charge < -0.3 is 14.8 Å². The van der Waals surface area contributed by atoms with Crippen molar-refractivity contribution in [2.45, 2.75) is 26.1 Å². The van der Waals surface area contributed by atoms with Crippen LogP contribution in [0.25, 0.3) is 11.1 Å². The van der Waals surface area contributed by atoms with Gasteiger partial charge in [0.1, 0.15) is 5.75 Å². The van der Waals surface area contributed by atoms with Crippen LogP contribution in [0.1, 0.15) is 17.5 Å². The maximum Gasteiger partial charge on any atom is 0.121 e. The van der Waals surface area contributed by atoms with Crippen molar-refractivity contribution in [3.8, 4) is 16.9 Å². The standard InChI is InChI=1S/C19H23NO2/c1-14-11-15(7-8-19(14)21-2)18-6-4-3-5-16(18)13-22-17-9-10-20-12-17/h3-8,11,17,20H,9-10,12-13H2,1-2H3. The summed E-state index contributed by atoms with van der Waals surface area (Å²) in [5, 5.41) is 3.34. The first kappa shape index (κ1) is 15.1. The van der Waals surface area contributed by atoms with Gasteiger partial charge in [0.2, 0.25) is 0 Å². The molecule has 22 heavy (non-hydrogen) atoms. The summed E-state index contributed by atoms with van der Waals surface area (Å²) in [6.45, 7) is 4.76. The molecule has 1 atom stereocenters. The quantitative estimate of drug-likeness (QED) is 0.915. The lowest BCUT2D eigenvalue weighted by Crippen LogP contribution is -2.16. The third-order valence-electron chi connectivity index (χ3n) is 4.21. The van der Waals surface area contributed by atoms with E-state index in [9.17, 15) is 0 Å². The lowest BCUT2D eigenvalue weighted by molar-refractivity contribution is 0.0545. The summed E-state index contributed by atoms with van der Waals surface area (Å²) in [6.07, 6.45) is 1.44. The Morgan fingerprint density at radius 3 is 2.77 bits per heavy atom. The number of rotatable bonds is 5. The lowest BCUT2D eigenvalue weighted by atomic mass is 9.98. The highest BCUT2D eigenvalue weighted by Crippen LogP contribution is 2.29. The van der Waals surface area contributed by atoms with Crippen molar-refractivity contribution in [3.05, 3.63) is 53.6 Å². The molecule has 2 aromatic carbocycles. The van der Waals surface area contributed by atoms with E-state index in [4.69, 9.17) is 9.47 Å². The third-order valence-corrected chi connectivity index (χ3v) is 4.21. The second kappa shape index (κ2) is 6.95. The number of benzene rings is 2. The topological polar surface area (TPSA) is 30.5 Å². The van der Waals surface area contributed by atoms with Crippen molar-refractivity contribution in [2.24, 2.45) is 0 Å². The molecule has 0 saturated carbocycles. The summed E-state index contributed by atoms with van der Waals surface area (Å²) < 4.78 is 11.4. The molecule has 1 N–H and O–H groups in total. The Morgan fingerprint density at radius 1 is 1.18 bits per heavy atom. The van der Waals surface area contributed by atoms with Crippen LogP contribution in [-0.2, 0) is 11.3 Å². The Bertz CT molecular complexity index is 633. The molecule has 1 fully saturated rings. The van der Waals surface area contributed by atoms with Crippen LogP contribution in [-0.4, -0.2) is 26.3 Å². The zero-order chi connectivity index (χ0) is 15.4. The molecule has 1 heterocycles. The van der Waals surface area contributed by atoms with Gasteiger partial charge in [0.05, 0.1) is 19.8 Å². The zero-order valence-corrected chi connectivity index (χ0v) is 13.3. The van der Waals surface area contributed by atoms with Gasteiger partial charge in [-0.3, -0.25) is 0 Å². The van der Waals surface area contributed by atoms with E-state index in [1.54, 1.807) is 7.11 Å². The molecule has 0 amide bonds. The average Bonchev–Trinajstić information content (AvgIpc) is 3.06. The third kappa shape index (κ3) is 3.32. The molecule has 1 aliphatic rings. The summed E-state index contributed by atoms with van der Waals surface area (Å²) in [5.41, 5.74) is 4.83. The Balaban J connectivity index is 1.82. The van der Waals surface area contributed by atoms with Crippen LogP contribution in [0.2, 0.25) is 0 Å². The van der Waals surface area contributed by atoms with E-state index in [1.807, 2.05) is 6.07 Å². The minimum atomic E-state index is 0.339. The summed E-state index contributed by atoms with van der Waals surface area (Å²) in [4.78, 5) is 0. The van der Waals surface area contributed by atoms with Crippen LogP contribution in [0.15, 0.2) is 42.5 Å². The molecule has 3 rings (SSSR count). The first-order valence-electron chi connectivity index (χ1n) is 7.83. The largest absolute Gasteiger partial charge is 0.496 e. The number of methoxy groups -OCH3 is 1. The number of aryl methyl sites for hydroxylation is 1. The highest BCUT2D eigenvalue weighted by molar-refractivity contribution is 5.69. The van der Waals surface area contributed by atoms with Gasteiger partial charge in [-0.1, -0.05) is 30.3 Å². The molecule has 3 heteroatoms. The minimum absolute atomic E-state index is 0.339. The molecule has 0 bridgehead atoms. The fraction of sp³-hybridized carbons (Fsp3) is 0.368. The highest BCUT2D eigenvalue weighted by Gasteiger charge is 2.15. The molecule has 3 nitrogen and oxygen atoms in total. The monoisotopic (exact) mass is 297 g/mol. The van der Waals surface area contributed by atoms with Gasteiger partial charge in [0.25, 0.3) is 0 Å². The Hall–Kier alpha value is -1.84. The zero-order valence-electron chi connectivity index (χ0n) is 13.3. The van der Waals surface area contributed by atoms with Crippen molar-refractivity contribution in [1.29, 1.82) is 0 Å². The first-order valence-corrected chi connectivity index (χ1v) is 7.83. The SMILES string of the molecule is COc1ccc(-c2ccccc2COC2CCNC2)cc1C. The van der Waals surface area contributed by atoms with E-state index in [0.29, 0.717) is 12.7 Å². The Labute approximate surface area is 132 Å². The number of hydrogen-bond donors (Lipinski definition) is 1.